The lowest BCUT2D eigenvalue weighted by molar-refractivity contribution is -0.384. The van der Waals surface area contributed by atoms with Crippen LogP contribution in [0, 0.1) is 10.1 Å². The van der Waals surface area contributed by atoms with E-state index in [1.807, 2.05) is 0 Å². The van der Waals surface area contributed by atoms with Crippen LogP contribution in [0.1, 0.15) is 18.1 Å². The molecule has 0 heterocycles. The Morgan fingerprint density at radius 3 is 2.57 bits per heavy atom. The Morgan fingerprint density at radius 1 is 1.32 bits per heavy atom. The summed E-state index contributed by atoms with van der Waals surface area (Å²) in [7, 11) is 0. The van der Waals surface area contributed by atoms with E-state index in [4.69, 9.17) is 4.74 Å². The summed E-state index contributed by atoms with van der Waals surface area (Å²) in [5, 5.41) is 24.9. The first kappa shape index (κ1) is 22.0. The first-order valence-electron chi connectivity index (χ1n) is 7.54. The van der Waals surface area contributed by atoms with Crippen LogP contribution in [-0.2, 0) is 6.18 Å². The summed E-state index contributed by atoms with van der Waals surface area (Å²) in [5.74, 6) is 0.0525. The predicted molar refractivity (Wildman–Crippen MR) is 104 cm³/mol. The fourth-order valence-corrected chi connectivity index (χ4v) is 2.93. The fourth-order valence-electron chi connectivity index (χ4n) is 2.10. The molecule has 2 aromatic rings. The van der Waals surface area contributed by atoms with E-state index in [-0.39, 0.29) is 17.2 Å². The number of rotatable bonds is 6. The molecular formula is C16H12Br2F3N3O4. The summed E-state index contributed by atoms with van der Waals surface area (Å²) in [5.41, 5.74) is 0.672. The molecule has 0 saturated heterocycles. The van der Waals surface area contributed by atoms with E-state index in [1.54, 1.807) is 6.92 Å². The van der Waals surface area contributed by atoms with Crippen LogP contribution in [0.3, 0.4) is 0 Å². The molecule has 2 N–H and O–H groups in total. The van der Waals surface area contributed by atoms with Gasteiger partial charge in [-0.25, -0.2) is 0 Å². The van der Waals surface area contributed by atoms with Gasteiger partial charge in [0, 0.05) is 16.1 Å². The molecule has 150 valence electrons. The van der Waals surface area contributed by atoms with Crippen molar-refractivity contribution in [2.45, 2.75) is 13.1 Å². The van der Waals surface area contributed by atoms with Crippen LogP contribution in [0.15, 0.2) is 38.3 Å². The fraction of sp³-hybridized carbons (Fsp3) is 0.188. The van der Waals surface area contributed by atoms with E-state index in [0.717, 1.165) is 6.07 Å². The highest BCUT2D eigenvalue weighted by Crippen LogP contribution is 2.41. The summed E-state index contributed by atoms with van der Waals surface area (Å²) in [4.78, 5) is 10.1. The Kier molecular flexibility index (Phi) is 6.88. The van der Waals surface area contributed by atoms with Gasteiger partial charge < -0.3 is 9.84 Å². The molecule has 0 bridgehead atoms. The third-order valence-corrected chi connectivity index (χ3v) is 5.54. The lowest BCUT2D eigenvalue weighted by atomic mass is 10.1. The SMILES string of the molecule is CCOc1cc(/C=N\Nc2ccc(C(F)(F)F)cc2[N+](=O)[O-])c(Br)c(Br)c1O. The van der Waals surface area contributed by atoms with Crippen molar-refractivity contribution >= 4 is 49.4 Å². The first-order chi connectivity index (χ1) is 13.1. The number of nitrogens with one attached hydrogen (secondary N) is 1. The molecule has 0 radical (unpaired) electrons. The molecule has 2 aromatic carbocycles. The van der Waals surface area contributed by atoms with E-state index in [9.17, 15) is 28.4 Å². The summed E-state index contributed by atoms with van der Waals surface area (Å²) in [6, 6.07) is 3.54. The number of aromatic hydroxyl groups is 1. The van der Waals surface area contributed by atoms with Crippen LogP contribution >= 0.6 is 31.9 Å². The van der Waals surface area contributed by atoms with E-state index in [2.05, 4.69) is 42.4 Å². The number of ether oxygens (including phenoxy) is 1. The van der Waals surface area contributed by atoms with Crippen molar-refractivity contribution in [3.63, 3.8) is 0 Å². The number of phenolic OH excluding ortho intramolecular Hbond substituents is 1. The van der Waals surface area contributed by atoms with Crippen molar-refractivity contribution < 1.29 is 27.9 Å². The first-order valence-corrected chi connectivity index (χ1v) is 9.13. The molecular weight excluding hydrogens is 515 g/mol. The lowest BCUT2D eigenvalue weighted by Gasteiger charge is -2.11. The molecule has 0 spiro atoms. The standard InChI is InChI=1S/C16H12Br2F3N3O4/c1-2-28-12-5-8(13(17)14(18)15(12)25)7-22-23-10-4-3-9(16(19,20)21)6-11(10)24(26)27/h3-7,23,25H,2H2,1H3/b22-7-. The van der Waals surface area contributed by atoms with Crippen molar-refractivity contribution in [1.29, 1.82) is 0 Å². The highest BCUT2D eigenvalue weighted by Gasteiger charge is 2.33. The Labute approximate surface area is 173 Å². The normalized spacial score (nSPS) is 11.6. The molecule has 0 atom stereocenters. The summed E-state index contributed by atoms with van der Waals surface area (Å²) >= 11 is 6.45. The lowest BCUT2D eigenvalue weighted by Crippen LogP contribution is -2.06. The zero-order valence-electron chi connectivity index (χ0n) is 14.1. The number of nitrogens with zero attached hydrogens (tertiary/aromatic N) is 2. The van der Waals surface area contributed by atoms with E-state index in [0.29, 0.717) is 33.2 Å². The van der Waals surface area contributed by atoms with E-state index >= 15 is 0 Å². The second-order valence-electron chi connectivity index (χ2n) is 5.23. The quantitative estimate of drug-likeness (QED) is 0.286. The van der Waals surface area contributed by atoms with E-state index in [1.165, 1.54) is 12.3 Å². The number of nitro groups is 1. The number of hydrazone groups is 1. The number of hydrogen-bond donors (Lipinski definition) is 2. The highest BCUT2D eigenvalue weighted by atomic mass is 79.9. The molecule has 28 heavy (non-hydrogen) atoms. The minimum absolute atomic E-state index is 0.128. The number of phenols is 1. The summed E-state index contributed by atoms with van der Waals surface area (Å²) in [6.45, 7) is 2.03. The van der Waals surface area contributed by atoms with Gasteiger partial charge in [0.15, 0.2) is 11.5 Å². The molecule has 0 aliphatic rings. The maximum atomic E-state index is 12.7. The van der Waals surface area contributed by atoms with Gasteiger partial charge in [0.2, 0.25) is 0 Å². The summed E-state index contributed by atoms with van der Waals surface area (Å²) in [6.07, 6.45) is -3.44. The van der Waals surface area contributed by atoms with Gasteiger partial charge in [-0.3, -0.25) is 15.5 Å². The monoisotopic (exact) mass is 525 g/mol. The minimum Gasteiger partial charge on any atom is -0.503 e. The molecule has 7 nitrogen and oxygen atoms in total. The van der Waals surface area contributed by atoms with E-state index < -0.39 is 22.4 Å². The van der Waals surface area contributed by atoms with Crippen LogP contribution < -0.4 is 10.2 Å². The average molecular weight is 527 g/mol. The maximum Gasteiger partial charge on any atom is 0.416 e. The van der Waals surface area contributed by atoms with Crippen molar-refractivity contribution in [1.82, 2.24) is 0 Å². The van der Waals surface area contributed by atoms with Crippen molar-refractivity contribution in [2.24, 2.45) is 5.10 Å². The molecule has 0 aliphatic carbocycles. The van der Waals surface area contributed by atoms with Crippen molar-refractivity contribution in [2.75, 3.05) is 12.0 Å². The number of anilines is 1. The number of alkyl halides is 3. The maximum absolute atomic E-state index is 12.7. The average Bonchev–Trinajstić information content (AvgIpc) is 2.62. The Balaban J connectivity index is 2.34. The molecule has 2 rings (SSSR count). The van der Waals surface area contributed by atoms with Crippen LogP contribution in [0.4, 0.5) is 24.5 Å². The second-order valence-corrected chi connectivity index (χ2v) is 6.82. The van der Waals surface area contributed by atoms with Crippen LogP contribution in [0.25, 0.3) is 0 Å². The van der Waals surface area contributed by atoms with Gasteiger partial charge in [0.05, 0.1) is 27.8 Å². The van der Waals surface area contributed by atoms with Gasteiger partial charge in [-0.1, -0.05) is 0 Å². The van der Waals surface area contributed by atoms with Crippen molar-refractivity contribution in [3.8, 4) is 11.5 Å². The Bertz CT molecular complexity index is 936. The Hall–Kier alpha value is -2.34. The van der Waals surface area contributed by atoms with Gasteiger partial charge in [-0.05, 0) is 57.0 Å². The number of hydrogen-bond acceptors (Lipinski definition) is 6. The Morgan fingerprint density at radius 2 is 2.00 bits per heavy atom. The molecule has 0 fully saturated rings. The minimum atomic E-state index is -4.70. The van der Waals surface area contributed by atoms with Crippen LogP contribution in [-0.4, -0.2) is 22.9 Å². The van der Waals surface area contributed by atoms with Gasteiger partial charge in [0.1, 0.15) is 5.69 Å². The van der Waals surface area contributed by atoms with Crippen LogP contribution in [0.2, 0.25) is 0 Å². The smallest absolute Gasteiger partial charge is 0.416 e. The van der Waals surface area contributed by atoms with Gasteiger partial charge >= 0.3 is 6.18 Å². The molecule has 0 aromatic heterocycles. The number of benzene rings is 2. The van der Waals surface area contributed by atoms with Gasteiger partial charge in [0.25, 0.3) is 5.69 Å². The topological polar surface area (TPSA) is 97.0 Å². The molecule has 0 saturated carbocycles. The molecule has 0 amide bonds. The zero-order chi connectivity index (χ0) is 21.1. The molecule has 0 unspecified atom stereocenters. The van der Waals surface area contributed by atoms with Crippen molar-refractivity contribution in [3.05, 3.63) is 54.5 Å². The highest BCUT2D eigenvalue weighted by molar-refractivity contribution is 9.13. The summed E-state index contributed by atoms with van der Waals surface area (Å²) < 4.78 is 44.2. The third kappa shape index (κ3) is 4.93. The van der Waals surface area contributed by atoms with Gasteiger partial charge in [-0.2, -0.15) is 18.3 Å². The third-order valence-electron chi connectivity index (χ3n) is 3.38. The predicted octanol–water partition coefficient (Wildman–Crippen LogP) is 5.69. The number of halogens is 5. The zero-order valence-corrected chi connectivity index (χ0v) is 17.2. The second kappa shape index (κ2) is 8.78. The van der Waals surface area contributed by atoms with Crippen LogP contribution in [0.5, 0.6) is 11.5 Å². The largest absolute Gasteiger partial charge is 0.503 e. The molecule has 12 heteroatoms. The molecule has 0 aliphatic heterocycles. The van der Waals surface area contributed by atoms with Gasteiger partial charge in [-0.15, -0.1) is 0 Å². The number of nitro benzene ring substituents is 1.